The fourth-order valence-electron chi connectivity index (χ4n) is 4.43. The largest absolute Gasteiger partial charge is 0.457 e. The van der Waals surface area contributed by atoms with E-state index in [0.29, 0.717) is 16.9 Å². The van der Waals surface area contributed by atoms with E-state index in [2.05, 4.69) is 0 Å². The Morgan fingerprint density at radius 3 is 2.11 bits per heavy atom. The summed E-state index contributed by atoms with van der Waals surface area (Å²) >= 11 is 0. The van der Waals surface area contributed by atoms with E-state index in [1.165, 1.54) is 24.3 Å². The average molecular weight is 500 g/mol. The fraction of sp³-hybridized carbons (Fsp3) is 0.267. The summed E-state index contributed by atoms with van der Waals surface area (Å²) in [7, 11) is 0. The predicted octanol–water partition coefficient (Wildman–Crippen LogP) is 4.81. The van der Waals surface area contributed by atoms with Gasteiger partial charge < -0.3 is 14.4 Å². The van der Waals surface area contributed by atoms with Crippen LogP contribution in [0.15, 0.2) is 72.8 Å². The van der Waals surface area contributed by atoms with E-state index < -0.39 is 24.5 Å². The van der Waals surface area contributed by atoms with Crippen molar-refractivity contribution in [3.05, 3.63) is 95.1 Å². The van der Waals surface area contributed by atoms with E-state index in [0.717, 1.165) is 29.7 Å². The highest BCUT2D eigenvalue weighted by molar-refractivity contribution is 6.02. The van der Waals surface area contributed by atoms with Crippen LogP contribution < -0.4 is 9.64 Å². The zero-order chi connectivity index (χ0) is 26.4. The first-order valence-electron chi connectivity index (χ1n) is 12.4. The van der Waals surface area contributed by atoms with Crippen molar-refractivity contribution in [3.8, 4) is 5.75 Å². The Morgan fingerprint density at radius 2 is 1.49 bits per heavy atom. The second kappa shape index (κ2) is 11.6. The maximum Gasteiger partial charge on any atom is 0.343 e. The first kappa shape index (κ1) is 25.8. The molecule has 37 heavy (non-hydrogen) atoms. The number of para-hydroxylation sites is 1. The molecule has 1 aliphatic rings. The van der Waals surface area contributed by atoms with Crippen LogP contribution in [0.3, 0.4) is 0 Å². The summed E-state index contributed by atoms with van der Waals surface area (Å²) < 4.78 is 10.6. The minimum Gasteiger partial charge on any atom is -0.457 e. The molecule has 3 aromatic carbocycles. The molecule has 0 unspecified atom stereocenters. The molecule has 4 rings (SSSR count). The van der Waals surface area contributed by atoms with Gasteiger partial charge in [0, 0.05) is 24.2 Å². The summed E-state index contributed by atoms with van der Waals surface area (Å²) in [5.74, 6) is -1.91. The molecule has 3 aromatic rings. The van der Waals surface area contributed by atoms with Gasteiger partial charge in [-0.1, -0.05) is 50.2 Å². The quantitative estimate of drug-likeness (QED) is 0.238. The van der Waals surface area contributed by atoms with Crippen LogP contribution in [0.2, 0.25) is 0 Å². The summed E-state index contributed by atoms with van der Waals surface area (Å²) in [6.07, 6.45) is 1.61. The second-order valence-corrected chi connectivity index (χ2v) is 8.85. The topological polar surface area (TPSA) is 90.0 Å². The summed E-state index contributed by atoms with van der Waals surface area (Å²) in [6.45, 7) is 3.88. The number of Topliss-reactive ketones (excluding diaryl/α,β-unsaturated/α-hetero) is 1. The highest BCUT2D eigenvalue weighted by Crippen LogP contribution is 2.32. The third-order valence-corrected chi connectivity index (χ3v) is 6.44. The maximum absolute atomic E-state index is 12.8. The van der Waals surface area contributed by atoms with Gasteiger partial charge in [-0.15, -0.1) is 0 Å². The molecule has 0 N–H and O–H groups in total. The molecule has 7 heteroatoms. The van der Waals surface area contributed by atoms with Gasteiger partial charge in [0.05, 0.1) is 11.5 Å². The first-order chi connectivity index (χ1) is 17.9. The number of esters is 2. The van der Waals surface area contributed by atoms with Gasteiger partial charge in [0.1, 0.15) is 5.75 Å². The van der Waals surface area contributed by atoms with Crippen LogP contribution in [-0.2, 0) is 27.2 Å². The zero-order valence-electron chi connectivity index (χ0n) is 20.9. The van der Waals surface area contributed by atoms with Crippen LogP contribution in [0.5, 0.6) is 5.75 Å². The predicted molar refractivity (Wildman–Crippen MR) is 139 cm³/mol. The van der Waals surface area contributed by atoms with Gasteiger partial charge in [-0.3, -0.25) is 14.4 Å². The lowest BCUT2D eigenvalue weighted by Crippen LogP contribution is -2.29. The Kier molecular flexibility index (Phi) is 8.13. The Bertz CT molecular complexity index is 1280. The van der Waals surface area contributed by atoms with Crippen LogP contribution in [0.4, 0.5) is 5.69 Å². The Hall–Kier alpha value is -4.26. The van der Waals surface area contributed by atoms with Crippen LogP contribution in [-0.4, -0.2) is 36.8 Å². The lowest BCUT2D eigenvalue weighted by atomic mass is 10.0. The average Bonchev–Trinajstić information content (AvgIpc) is 3.32. The SMILES string of the molecule is CCc1cccc(CC)c1N1C[C@@H](C(=O)OCC(=O)c2ccc(OC(=O)c3ccccc3)cc2)CC1=O. The highest BCUT2D eigenvalue weighted by atomic mass is 16.5. The van der Waals surface area contributed by atoms with Gasteiger partial charge in [-0.05, 0) is 60.4 Å². The second-order valence-electron chi connectivity index (χ2n) is 8.85. The van der Waals surface area contributed by atoms with Crippen molar-refractivity contribution in [2.45, 2.75) is 33.1 Å². The molecule has 190 valence electrons. The van der Waals surface area contributed by atoms with Crippen molar-refractivity contribution in [2.24, 2.45) is 5.92 Å². The smallest absolute Gasteiger partial charge is 0.343 e. The van der Waals surface area contributed by atoms with Gasteiger partial charge in [-0.2, -0.15) is 0 Å². The van der Waals surface area contributed by atoms with E-state index in [9.17, 15) is 19.2 Å². The summed E-state index contributed by atoms with van der Waals surface area (Å²) in [5.41, 5.74) is 3.75. The van der Waals surface area contributed by atoms with Crippen LogP contribution in [0.25, 0.3) is 0 Å². The van der Waals surface area contributed by atoms with Crippen molar-refractivity contribution < 1.29 is 28.7 Å². The summed E-state index contributed by atoms with van der Waals surface area (Å²) in [4.78, 5) is 51.9. The molecule has 1 heterocycles. The highest BCUT2D eigenvalue weighted by Gasteiger charge is 2.37. The molecule has 1 aliphatic heterocycles. The Morgan fingerprint density at radius 1 is 0.838 bits per heavy atom. The molecule has 1 amide bonds. The number of amides is 1. The molecule has 1 saturated heterocycles. The van der Waals surface area contributed by atoms with Crippen molar-refractivity contribution in [1.29, 1.82) is 0 Å². The number of carbonyl (C=O) groups excluding carboxylic acids is 4. The third-order valence-electron chi connectivity index (χ3n) is 6.44. The molecule has 0 aromatic heterocycles. The minimum atomic E-state index is -0.630. The molecule has 0 bridgehead atoms. The third kappa shape index (κ3) is 5.94. The molecular formula is C30H29NO6. The van der Waals surface area contributed by atoms with E-state index in [1.54, 1.807) is 35.2 Å². The van der Waals surface area contributed by atoms with Crippen LogP contribution in [0, 0.1) is 5.92 Å². The standard InChI is InChI=1S/C30H29NO6/c1-3-20-11-8-12-21(4-2)28(20)31-18-24(17-27(31)33)29(34)36-19-26(32)22-13-15-25(16-14-22)37-30(35)23-9-6-5-7-10-23/h5-16,24H,3-4,17-19H2,1-2H3/t24-/m0/s1. The molecule has 7 nitrogen and oxygen atoms in total. The number of benzene rings is 3. The minimum absolute atomic E-state index is 0.0513. The fourth-order valence-corrected chi connectivity index (χ4v) is 4.43. The van der Waals surface area contributed by atoms with E-state index in [1.807, 2.05) is 32.0 Å². The maximum atomic E-state index is 12.8. The van der Waals surface area contributed by atoms with Crippen LogP contribution in [0.1, 0.15) is 52.1 Å². The van der Waals surface area contributed by atoms with Gasteiger partial charge in [0.25, 0.3) is 0 Å². The number of ketones is 1. The number of hydrogen-bond acceptors (Lipinski definition) is 6. The van der Waals surface area contributed by atoms with Crippen LogP contribution >= 0.6 is 0 Å². The van der Waals surface area contributed by atoms with E-state index in [-0.39, 0.29) is 24.7 Å². The lowest BCUT2D eigenvalue weighted by Gasteiger charge is -2.23. The first-order valence-corrected chi connectivity index (χ1v) is 12.4. The summed E-state index contributed by atoms with van der Waals surface area (Å²) in [5, 5.41) is 0. The van der Waals surface area contributed by atoms with Crippen molar-refractivity contribution in [1.82, 2.24) is 0 Å². The van der Waals surface area contributed by atoms with E-state index in [4.69, 9.17) is 9.47 Å². The molecule has 0 radical (unpaired) electrons. The monoisotopic (exact) mass is 499 g/mol. The zero-order valence-corrected chi connectivity index (χ0v) is 20.9. The van der Waals surface area contributed by atoms with Gasteiger partial charge >= 0.3 is 11.9 Å². The molecule has 1 atom stereocenters. The molecular weight excluding hydrogens is 470 g/mol. The van der Waals surface area contributed by atoms with Crippen molar-refractivity contribution >= 4 is 29.3 Å². The van der Waals surface area contributed by atoms with Gasteiger partial charge in [-0.25, -0.2) is 4.79 Å². The number of hydrogen-bond donors (Lipinski definition) is 0. The number of ether oxygens (including phenoxy) is 2. The van der Waals surface area contributed by atoms with E-state index >= 15 is 0 Å². The number of anilines is 1. The Labute approximate surface area is 216 Å². The number of carbonyl (C=O) groups is 4. The molecule has 0 saturated carbocycles. The number of nitrogens with zero attached hydrogens (tertiary/aromatic N) is 1. The van der Waals surface area contributed by atoms with Crippen molar-refractivity contribution in [2.75, 3.05) is 18.1 Å². The van der Waals surface area contributed by atoms with Gasteiger partial charge in [0.2, 0.25) is 5.91 Å². The van der Waals surface area contributed by atoms with Gasteiger partial charge in [0.15, 0.2) is 12.4 Å². The molecule has 0 aliphatic carbocycles. The number of rotatable bonds is 9. The molecule has 0 spiro atoms. The van der Waals surface area contributed by atoms with Crippen molar-refractivity contribution in [3.63, 3.8) is 0 Å². The number of aryl methyl sites for hydroxylation is 2. The lowest BCUT2D eigenvalue weighted by molar-refractivity contribution is -0.147. The normalized spacial score (nSPS) is 14.9. The Balaban J connectivity index is 1.33. The summed E-state index contributed by atoms with van der Waals surface area (Å²) in [6, 6.07) is 20.6. The molecule has 1 fully saturated rings.